The Hall–Kier alpha value is -0.900. The van der Waals surface area contributed by atoms with Crippen LogP contribution in [0.2, 0.25) is 0 Å². The molecule has 0 saturated carbocycles. The summed E-state index contributed by atoms with van der Waals surface area (Å²) in [7, 11) is 0. The van der Waals surface area contributed by atoms with Gasteiger partial charge in [0.25, 0.3) is 0 Å². The Morgan fingerprint density at radius 1 is 1.41 bits per heavy atom. The molecule has 0 saturated heterocycles. The van der Waals surface area contributed by atoms with E-state index in [1.807, 2.05) is 6.92 Å². The molecular weight excluding hydrogens is 234 g/mol. The van der Waals surface area contributed by atoms with E-state index < -0.39 is 0 Å². The van der Waals surface area contributed by atoms with Crippen LogP contribution >= 0.6 is 11.3 Å². The first-order valence-electron chi connectivity index (χ1n) is 6.31. The molecule has 96 valence electrons. The van der Waals surface area contributed by atoms with Crippen LogP contribution in [-0.2, 0) is 16.0 Å². The summed E-state index contributed by atoms with van der Waals surface area (Å²) < 4.78 is 4.90. The van der Waals surface area contributed by atoms with Crippen LogP contribution < -0.4 is 0 Å². The van der Waals surface area contributed by atoms with Crippen molar-refractivity contribution in [3.63, 3.8) is 0 Å². The van der Waals surface area contributed by atoms with Crippen LogP contribution in [0, 0.1) is 0 Å². The van der Waals surface area contributed by atoms with Crippen molar-refractivity contribution in [2.45, 2.75) is 52.4 Å². The van der Waals surface area contributed by atoms with E-state index in [0.29, 0.717) is 25.4 Å². The number of nitrogens with zero attached hydrogens (tertiary/aromatic N) is 1. The minimum Gasteiger partial charge on any atom is -0.466 e. The molecule has 17 heavy (non-hydrogen) atoms. The first-order chi connectivity index (χ1) is 8.21. The Morgan fingerprint density at radius 2 is 2.12 bits per heavy atom. The van der Waals surface area contributed by atoms with E-state index in [4.69, 9.17) is 4.74 Å². The molecule has 0 atom stereocenters. The third kappa shape index (κ3) is 4.46. The van der Waals surface area contributed by atoms with Gasteiger partial charge in [-0.05, 0) is 19.8 Å². The van der Waals surface area contributed by atoms with Crippen molar-refractivity contribution in [3.05, 3.63) is 16.1 Å². The summed E-state index contributed by atoms with van der Waals surface area (Å²) in [5.74, 6) is 0.431. The monoisotopic (exact) mass is 255 g/mol. The fraction of sp³-hybridized carbons (Fsp3) is 0.692. The third-order valence-corrected chi connectivity index (χ3v) is 3.85. The number of aromatic nitrogens is 1. The van der Waals surface area contributed by atoms with Crippen molar-refractivity contribution in [1.82, 2.24) is 4.98 Å². The largest absolute Gasteiger partial charge is 0.466 e. The predicted octanol–water partition coefficient (Wildman–Crippen LogP) is 3.54. The molecule has 1 aromatic heterocycles. The maximum Gasteiger partial charge on any atom is 0.306 e. The van der Waals surface area contributed by atoms with Crippen molar-refractivity contribution in [1.29, 1.82) is 0 Å². The minimum atomic E-state index is -0.135. The number of ether oxygens (including phenoxy) is 1. The van der Waals surface area contributed by atoms with Gasteiger partial charge in [-0.25, -0.2) is 4.98 Å². The quantitative estimate of drug-likeness (QED) is 0.699. The molecule has 0 aliphatic heterocycles. The van der Waals surface area contributed by atoms with Crippen molar-refractivity contribution < 1.29 is 9.53 Å². The van der Waals surface area contributed by atoms with Crippen molar-refractivity contribution in [2.24, 2.45) is 0 Å². The molecule has 3 nitrogen and oxygen atoms in total. The first-order valence-corrected chi connectivity index (χ1v) is 7.19. The fourth-order valence-corrected chi connectivity index (χ4v) is 2.85. The second-order valence-corrected chi connectivity index (χ2v) is 4.89. The van der Waals surface area contributed by atoms with Gasteiger partial charge in [0.15, 0.2) is 0 Å². The standard InChI is InChI=1S/C13H21NO2S/c1-4-10(5-2)13-14-11(9-17-13)7-8-12(15)16-6-3/h9-10H,4-8H2,1-3H3. The highest BCUT2D eigenvalue weighted by Gasteiger charge is 2.12. The summed E-state index contributed by atoms with van der Waals surface area (Å²) in [6.45, 7) is 6.66. The van der Waals surface area contributed by atoms with Crippen LogP contribution in [0.4, 0.5) is 0 Å². The van der Waals surface area contributed by atoms with Gasteiger partial charge in [0, 0.05) is 17.7 Å². The Labute approximate surface area is 107 Å². The zero-order valence-corrected chi connectivity index (χ0v) is 11.7. The number of rotatable bonds is 7. The molecule has 0 N–H and O–H groups in total. The number of carbonyl (C=O) groups excluding carboxylic acids is 1. The molecule has 0 bridgehead atoms. The Bertz CT molecular complexity index is 345. The molecule has 0 unspecified atom stereocenters. The summed E-state index contributed by atoms with van der Waals surface area (Å²) in [6.07, 6.45) is 3.37. The van der Waals surface area contributed by atoms with Gasteiger partial charge >= 0.3 is 5.97 Å². The van der Waals surface area contributed by atoms with Crippen LogP contribution in [0.1, 0.15) is 56.7 Å². The summed E-state index contributed by atoms with van der Waals surface area (Å²) >= 11 is 1.71. The zero-order chi connectivity index (χ0) is 12.7. The average molecular weight is 255 g/mol. The van der Waals surface area contributed by atoms with Gasteiger partial charge in [0.2, 0.25) is 0 Å². The number of carbonyl (C=O) groups is 1. The normalized spacial score (nSPS) is 10.8. The van der Waals surface area contributed by atoms with Gasteiger partial charge in [-0.1, -0.05) is 13.8 Å². The lowest BCUT2D eigenvalue weighted by Crippen LogP contribution is -2.05. The SMILES string of the molecule is CCOC(=O)CCc1csc(C(CC)CC)n1. The van der Waals surface area contributed by atoms with E-state index in [1.54, 1.807) is 11.3 Å². The van der Waals surface area contributed by atoms with E-state index in [9.17, 15) is 4.79 Å². The van der Waals surface area contributed by atoms with E-state index in [0.717, 1.165) is 18.5 Å². The third-order valence-electron chi connectivity index (χ3n) is 2.79. The molecule has 4 heteroatoms. The predicted molar refractivity (Wildman–Crippen MR) is 70.4 cm³/mol. The summed E-state index contributed by atoms with van der Waals surface area (Å²) in [5.41, 5.74) is 1.02. The molecule has 1 heterocycles. The fourth-order valence-electron chi connectivity index (χ4n) is 1.73. The topological polar surface area (TPSA) is 39.2 Å². The summed E-state index contributed by atoms with van der Waals surface area (Å²) in [5, 5.41) is 3.27. The molecule has 0 spiro atoms. The van der Waals surface area contributed by atoms with Gasteiger partial charge in [-0.2, -0.15) is 0 Å². The van der Waals surface area contributed by atoms with Crippen molar-refractivity contribution >= 4 is 17.3 Å². The number of hydrogen-bond donors (Lipinski definition) is 0. The minimum absolute atomic E-state index is 0.135. The molecular formula is C13H21NO2S. The maximum absolute atomic E-state index is 11.2. The lowest BCUT2D eigenvalue weighted by Gasteiger charge is -2.07. The maximum atomic E-state index is 11.2. The van der Waals surface area contributed by atoms with E-state index in [2.05, 4.69) is 24.2 Å². The van der Waals surface area contributed by atoms with Crippen LogP contribution in [0.15, 0.2) is 5.38 Å². The highest BCUT2D eigenvalue weighted by atomic mass is 32.1. The lowest BCUT2D eigenvalue weighted by atomic mass is 10.1. The van der Waals surface area contributed by atoms with Gasteiger partial charge < -0.3 is 4.74 Å². The molecule has 1 rings (SSSR count). The van der Waals surface area contributed by atoms with Crippen molar-refractivity contribution in [3.8, 4) is 0 Å². The highest BCUT2D eigenvalue weighted by Crippen LogP contribution is 2.26. The molecule has 0 fully saturated rings. The smallest absolute Gasteiger partial charge is 0.306 e. The van der Waals surface area contributed by atoms with E-state index in [-0.39, 0.29) is 5.97 Å². The lowest BCUT2D eigenvalue weighted by molar-refractivity contribution is -0.143. The molecule has 0 amide bonds. The average Bonchev–Trinajstić information content (AvgIpc) is 2.77. The van der Waals surface area contributed by atoms with Crippen LogP contribution in [0.5, 0.6) is 0 Å². The van der Waals surface area contributed by atoms with E-state index in [1.165, 1.54) is 5.01 Å². The van der Waals surface area contributed by atoms with E-state index >= 15 is 0 Å². The zero-order valence-electron chi connectivity index (χ0n) is 10.9. The summed E-state index contributed by atoms with van der Waals surface area (Å²) in [6, 6.07) is 0. The highest BCUT2D eigenvalue weighted by molar-refractivity contribution is 7.09. The van der Waals surface area contributed by atoms with Gasteiger partial charge in [-0.15, -0.1) is 11.3 Å². The number of thiazole rings is 1. The summed E-state index contributed by atoms with van der Waals surface area (Å²) in [4.78, 5) is 15.8. The number of hydrogen-bond acceptors (Lipinski definition) is 4. The first kappa shape index (κ1) is 14.2. The molecule has 1 aromatic rings. The second kappa shape index (κ2) is 7.43. The molecule has 0 radical (unpaired) electrons. The Balaban J connectivity index is 2.48. The van der Waals surface area contributed by atoms with Crippen molar-refractivity contribution in [2.75, 3.05) is 6.61 Å². The number of aryl methyl sites for hydroxylation is 1. The second-order valence-electron chi connectivity index (χ2n) is 4.00. The van der Waals surface area contributed by atoms with Gasteiger partial charge in [0.05, 0.1) is 23.7 Å². The Kier molecular flexibility index (Phi) is 6.19. The van der Waals surface area contributed by atoms with Gasteiger partial charge in [0.1, 0.15) is 0 Å². The molecule has 0 aliphatic carbocycles. The molecule has 0 aromatic carbocycles. The number of esters is 1. The van der Waals surface area contributed by atoms with Crippen LogP contribution in [-0.4, -0.2) is 17.6 Å². The molecule has 0 aliphatic rings. The van der Waals surface area contributed by atoms with Crippen LogP contribution in [0.3, 0.4) is 0 Å². The van der Waals surface area contributed by atoms with Gasteiger partial charge in [-0.3, -0.25) is 4.79 Å². The Morgan fingerprint density at radius 3 is 2.71 bits per heavy atom. The van der Waals surface area contributed by atoms with Crippen LogP contribution in [0.25, 0.3) is 0 Å².